The number of fused-ring (bicyclic) bond motifs is 1. The summed E-state index contributed by atoms with van der Waals surface area (Å²) < 4.78 is 76.4. The number of rotatable bonds is 9. The lowest BCUT2D eigenvalue weighted by Gasteiger charge is -2.25. The maximum atomic E-state index is 14.8. The number of halogens is 5. The van der Waals surface area contributed by atoms with Crippen molar-refractivity contribution in [2.75, 3.05) is 11.9 Å². The minimum atomic E-state index is -4.68. The Kier molecular flexibility index (Phi) is 9.36. The fourth-order valence-electron chi connectivity index (χ4n) is 5.37. The molecule has 2 atom stereocenters. The molecule has 1 aliphatic rings. The average molecular weight is 622 g/mol. The lowest BCUT2D eigenvalue weighted by molar-refractivity contribution is -0.143. The minimum absolute atomic E-state index is 0.226. The third-order valence-electron chi connectivity index (χ3n) is 7.75. The van der Waals surface area contributed by atoms with E-state index in [0.717, 1.165) is 11.3 Å². The molecular formula is C31H32F5N3O5. The summed E-state index contributed by atoms with van der Waals surface area (Å²) in [5, 5.41) is 14.0. The number of benzene rings is 2. The Labute approximate surface area is 249 Å². The molecule has 1 aliphatic heterocycles. The summed E-state index contributed by atoms with van der Waals surface area (Å²) >= 11 is 0. The molecule has 0 bridgehead atoms. The van der Waals surface area contributed by atoms with Crippen LogP contribution in [0.5, 0.6) is 5.75 Å². The van der Waals surface area contributed by atoms with Gasteiger partial charge in [-0.3, -0.25) is 9.59 Å². The molecular weight excluding hydrogens is 589 g/mol. The first kappa shape index (κ1) is 32.5. The summed E-state index contributed by atoms with van der Waals surface area (Å²) in [5.41, 5.74) is 1.76. The number of aromatic nitrogens is 1. The number of carbonyl (C=O) groups excluding carboxylic acids is 1. The second-order valence-corrected chi connectivity index (χ2v) is 10.8. The molecule has 44 heavy (non-hydrogen) atoms. The molecule has 4 rings (SSSR count). The van der Waals surface area contributed by atoms with Crippen LogP contribution in [0.3, 0.4) is 0 Å². The Hall–Kier alpha value is -4.42. The van der Waals surface area contributed by atoms with Crippen molar-refractivity contribution in [1.29, 1.82) is 0 Å². The van der Waals surface area contributed by atoms with E-state index in [1.807, 2.05) is 25.2 Å². The van der Waals surface area contributed by atoms with Gasteiger partial charge in [-0.1, -0.05) is 19.1 Å². The Balaban J connectivity index is 1.63. The van der Waals surface area contributed by atoms with Gasteiger partial charge in [0, 0.05) is 30.4 Å². The zero-order valence-corrected chi connectivity index (χ0v) is 24.5. The number of pyridine rings is 1. The summed E-state index contributed by atoms with van der Waals surface area (Å²) in [6, 6.07) is 2.55. The van der Waals surface area contributed by atoms with Crippen LogP contribution in [0.4, 0.5) is 27.6 Å². The van der Waals surface area contributed by atoms with Gasteiger partial charge >= 0.3 is 12.1 Å². The second-order valence-electron chi connectivity index (χ2n) is 10.8. The van der Waals surface area contributed by atoms with Gasteiger partial charge in [-0.05, 0) is 68.0 Å². The van der Waals surface area contributed by atoms with E-state index >= 15 is 0 Å². The number of nitrogens with one attached hydrogen (secondary N) is 2. The SMILES string of the molecule is CCC(Nc1cc(F)c(C(=O)NC(Cc2ccc(-c3c(C)cc(C)n(C)c3=O)c3c2CCCO3)C(=O)O)c(F)c1)C(F)(F)F. The fourth-order valence-corrected chi connectivity index (χ4v) is 5.37. The summed E-state index contributed by atoms with van der Waals surface area (Å²) in [5.74, 6) is -5.36. The zero-order chi connectivity index (χ0) is 32.5. The second kappa shape index (κ2) is 12.7. The average Bonchev–Trinajstić information content (AvgIpc) is 2.94. The molecule has 1 amide bonds. The predicted octanol–water partition coefficient (Wildman–Crippen LogP) is 5.45. The number of ether oxygens (including phenoxy) is 1. The van der Waals surface area contributed by atoms with Crippen molar-refractivity contribution in [2.24, 2.45) is 7.05 Å². The van der Waals surface area contributed by atoms with Gasteiger partial charge in [0.05, 0.1) is 12.2 Å². The highest BCUT2D eigenvalue weighted by atomic mass is 19.4. The lowest BCUT2D eigenvalue weighted by atomic mass is 9.89. The topological polar surface area (TPSA) is 110 Å². The van der Waals surface area contributed by atoms with Crippen LogP contribution in [-0.4, -0.2) is 46.4 Å². The van der Waals surface area contributed by atoms with Gasteiger partial charge in [0.15, 0.2) is 0 Å². The first-order valence-electron chi connectivity index (χ1n) is 13.9. The number of carbonyl (C=O) groups is 2. The number of alkyl halides is 3. The number of hydrogen-bond donors (Lipinski definition) is 3. The summed E-state index contributed by atoms with van der Waals surface area (Å²) in [6.45, 7) is 5.24. The molecule has 1 aromatic heterocycles. The Morgan fingerprint density at radius 2 is 1.77 bits per heavy atom. The quantitative estimate of drug-likeness (QED) is 0.274. The molecule has 3 aromatic rings. The Morgan fingerprint density at radius 1 is 1.11 bits per heavy atom. The van der Waals surface area contributed by atoms with E-state index < -0.39 is 59.4 Å². The van der Waals surface area contributed by atoms with Gasteiger partial charge in [-0.25, -0.2) is 13.6 Å². The van der Waals surface area contributed by atoms with Crippen LogP contribution in [0, 0.1) is 25.5 Å². The van der Waals surface area contributed by atoms with Gasteiger partial charge in [-0.15, -0.1) is 0 Å². The number of carboxylic acids is 1. The Bertz CT molecular complexity index is 1640. The van der Waals surface area contributed by atoms with E-state index in [2.05, 4.69) is 5.32 Å². The number of amides is 1. The molecule has 2 aromatic carbocycles. The molecule has 0 fully saturated rings. The molecule has 0 spiro atoms. The highest BCUT2D eigenvalue weighted by molar-refractivity contribution is 5.97. The summed E-state index contributed by atoms with van der Waals surface area (Å²) in [7, 11) is 1.66. The van der Waals surface area contributed by atoms with E-state index in [1.54, 1.807) is 19.2 Å². The maximum Gasteiger partial charge on any atom is 0.408 e. The third kappa shape index (κ3) is 6.56. The largest absolute Gasteiger partial charge is 0.493 e. The summed E-state index contributed by atoms with van der Waals surface area (Å²) in [6.07, 6.45) is -4.25. The molecule has 2 heterocycles. The van der Waals surface area contributed by atoms with Crippen LogP contribution in [-0.2, 0) is 24.7 Å². The molecule has 0 saturated carbocycles. The van der Waals surface area contributed by atoms with Crippen molar-refractivity contribution in [1.82, 2.24) is 9.88 Å². The van der Waals surface area contributed by atoms with E-state index in [9.17, 15) is 41.4 Å². The highest BCUT2D eigenvalue weighted by Crippen LogP contribution is 2.39. The van der Waals surface area contributed by atoms with Crippen LogP contribution in [0.15, 0.2) is 35.1 Å². The van der Waals surface area contributed by atoms with Crippen molar-refractivity contribution in [3.8, 4) is 16.9 Å². The number of hydrogen-bond acceptors (Lipinski definition) is 5. The Morgan fingerprint density at radius 3 is 2.36 bits per heavy atom. The molecule has 0 saturated heterocycles. The van der Waals surface area contributed by atoms with Crippen molar-refractivity contribution in [2.45, 2.75) is 64.7 Å². The van der Waals surface area contributed by atoms with E-state index in [4.69, 9.17) is 4.74 Å². The van der Waals surface area contributed by atoms with Gasteiger partial charge < -0.3 is 25.0 Å². The van der Waals surface area contributed by atoms with E-state index in [-0.39, 0.29) is 12.0 Å². The number of aryl methyl sites for hydroxylation is 2. The van der Waals surface area contributed by atoms with Crippen molar-refractivity contribution < 1.29 is 41.4 Å². The van der Waals surface area contributed by atoms with Crippen LogP contribution >= 0.6 is 0 Å². The molecule has 2 unspecified atom stereocenters. The van der Waals surface area contributed by atoms with Crippen LogP contribution < -0.4 is 20.9 Å². The van der Waals surface area contributed by atoms with Gasteiger partial charge in [0.1, 0.15) is 35.0 Å². The number of anilines is 1. The summed E-state index contributed by atoms with van der Waals surface area (Å²) in [4.78, 5) is 38.2. The number of aliphatic carboxylic acids is 1. The molecule has 13 heteroatoms. The normalized spacial score (nSPS) is 14.3. The lowest BCUT2D eigenvalue weighted by Crippen LogP contribution is -2.43. The minimum Gasteiger partial charge on any atom is -0.493 e. The number of nitrogens with zero attached hydrogens (tertiary/aromatic N) is 1. The maximum absolute atomic E-state index is 14.8. The van der Waals surface area contributed by atoms with Crippen molar-refractivity contribution in [3.63, 3.8) is 0 Å². The van der Waals surface area contributed by atoms with E-state index in [1.165, 1.54) is 11.5 Å². The van der Waals surface area contributed by atoms with Crippen LogP contribution in [0.2, 0.25) is 0 Å². The third-order valence-corrected chi connectivity index (χ3v) is 7.75. The molecule has 236 valence electrons. The molecule has 0 aliphatic carbocycles. The monoisotopic (exact) mass is 621 g/mol. The molecule has 8 nitrogen and oxygen atoms in total. The highest BCUT2D eigenvalue weighted by Gasteiger charge is 2.38. The zero-order valence-electron chi connectivity index (χ0n) is 24.5. The van der Waals surface area contributed by atoms with Crippen molar-refractivity contribution >= 4 is 17.6 Å². The fraction of sp³-hybridized carbons (Fsp3) is 0.387. The predicted molar refractivity (Wildman–Crippen MR) is 153 cm³/mol. The van der Waals surface area contributed by atoms with Crippen molar-refractivity contribution in [3.05, 3.63) is 80.3 Å². The van der Waals surface area contributed by atoms with Gasteiger partial charge in [0.25, 0.3) is 11.5 Å². The standard InChI is InChI=1S/C31H32F5N3O5/c1-5-24(31(34,35)36)37-18-13-21(32)26(22(33)14-18)28(40)38-23(30(42)43)12-17-8-9-20(27-19(17)7-6-10-44-27)25-15(2)11-16(3)39(4)29(25)41/h8-9,11,13-14,23-24,37H,5-7,10,12H2,1-4H3,(H,38,40)(H,42,43). The molecule has 0 radical (unpaired) electrons. The smallest absolute Gasteiger partial charge is 0.408 e. The number of carboxylic acid groups (broad SMARTS) is 1. The van der Waals surface area contributed by atoms with E-state index in [0.29, 0.717) is 59.6 Å². The van der Waals surface area contributed by atoms with Crippen LogP contribution in [0.1, 0.15) is 52.5 Å². The first-order valence-corrected chi connectivity index (χ1v) is 13.9. The molecule has 3 N–H and O–H groups in total. The van der Waals surface area contributed by atoms with Gasteiger partial charge in [-0.2, -0.15) is 13.2 Å². The van der Waals surface area contributed by atoms with Gasteiger partial charge in [0.2, 0.25) is 0 Å². The first-order chi connectivity index (χ1) is 20.6. The van der Waals surface area contributed by atoms with Crippen LogP contribution in [0.25, 0.3) is 11.1 Å².